The molecule has 0 radical (unpaired) electrons. The third-order valence-corrected chi connectivity index (χ3v) is 5.76. The van der Waals surface area contributed by atoms with Crippen molar-refractivity contribution in [3.63, 3.8) is 0 Å². The van der Waals surface area contributed by atoms with Crippen molar-refractivity contribution < 1.29 is 5.11 Å². The molecule has 0 aromatic carbocycles. The minimum atomic E-state index is 0.336. The third kappa shape index (κ3) is 2.72. The average molecular weight is 306 g/mol. The summed E-state index contributed by atoms with van der Waals surface area (Å²) in [7, 11) is 0. The van der Waals surface area contributed by atoms with Crippen molar-refractivity contribution in [3.05, 3.63) is 70.9 Å². The number of aliphatic hydroxyl groups is 1. The van der Waals surface area contributed by atoms with Crippen LogP contribution in [-0.2, 0) is 0 Å². The second-order valence-electron chi connectivity index (χ2n) is 7.18. The minimum Gasteiger partial charge on any atom is -0.396 e. The number of rotatable bonds is 6. The van der Waals surface area contributed by atoms with Crippen LogP contribution < -0.4 is 0 Å². The van der Waals surface area contributed by atoms with Crippen LogP contribution in [0.15, 0.2) is 70.9 Å². The van der Waals surface area contributed by atoms with Gasteiger partial charge in [0.25, 0.3) is 0 Å². The van der Waals surface area contributed by atoms with Crippen molar-refractivity contribution in [3.8, 4) is 0 Å². The quantitative estimate of drug-likeness (QED) is 0.682. The smallest absolute Gasteiger partial charge is 0.0431 e. The Morgan fingerprint density at radius 2 is 1.91 bits per heavy atom. The number of allylic oxidation sites excluding steroid dienone is 12. The first-order valence-electron chi connectivity index (χ1n) is 9.18. The second kappa shape index (κ2) is 6.49. The van der Waals surface area contributed by atoms with Gasteiger partial charge in [0.05, 0.1) is 0 Å². The molecule has 23 heavy (non-hydrogen) atoms. The molecule has 4 aliphatic rings. The SMILES string of the molecule is OCCCCCCC1C=CC2=C3C1=CCC1C=CC=C(C=C2)C31. The van der Waals surface area contributed by atoms with E-state index in [0.29, 0.717) is 24.4 Å². The van der Waals surface area contributed by atoms with Crippen LogP contribution in [0.2, 0.25) is 0 Å². The summed E-state index contributed by atoms with van der Waals surface area (Å²) >= 11 is 0. The van der Waals surface area contributed by atoms with Gasteiger partial charge in [-0.05, 0) is 47.5 Å². The van der Waals surface area contributed by atoms with Crippen molar-refractivity contribution in [2.75, 3.05) is 6.61 Å². The maximum atomic E-state index is 8.90. The number of unbranched alkanes of at least 4 members (excludes halogenated alkanes) is 3. The second-order valence-corrected chi connectivity index (χ2v) is 7.18. The van der Waals surface area contributed by atoms with Crippen LogP contribution in [0.5, 0.6) is 0 Å². The van der Waals surface area contributed by atoms with E-state index in [1.165, 1.54) is 36.8 Å². The number of aliphatic hydroxyl groups excluding tert-OH is 1. The zero-order valence-electron chi connectivity index (χ0n) is 13.7. The lowest BCUT2D eigenvalue weighted by atomic mass is 9.63. The fourth-order valence-electron chi connectivity index (χ4n) is 4.60. The highest BCUT2D eigenvalue weighted by Gasteiger charge is 2.37. The van der Waals surface area contributed by atoms with Gasteiger partial charge in [-0.15, -0.1) is 0 Å². The first-order valence-corrected chi connectivity index (χ1v) is 9.18. The fraction of sp³-hybridized carbons (Fsp3) is 0.455. The topological polar surface area (TPSA) is 20.2 Å². The van der Waals surface area contributed by atoms with E-state index in [4.69, 9.17) is 5.11 Å². The van der Waals surface area contributed by atoms with E-state index in [1.807, 2.05) is 0 Å². The summed E-state index contributed by atoms with van der Waals surface area (Å²) in [5.74, 6) is 1.86. The molecule has 0 aromatic heterocycles. The molecule has 0 saturated carbocycles. The van der Waals surface area contributed by atoms with Crippen molar-refractivity contribution in [2.45, 2.75) is 38.5 Å². The lowest BCUT2D eigenvalue weighted by molar-refractivity contribution is 0.282. The normalized spacial score (nSPS) is 30.2. The summed E-state index contributed by atoms with van der Waals surface area (Å²) in [4.78, 5) is 0. The highest BCUT2D eigenvalue weighted by atomic mass is 16.2. The molecule has 120 valence electrons. The van der Waals surface area contributed by atoms with Gasteiger partial charge in [0.2, 0.25) is 0 Å². The molecule has 0 fully saturated rings. The van der Waals surface area contributed by atoms with Crippen LogP contribution in [0.25, 0.3) is 0 Å². The molecule has 0 heterocycles. The molecule has 0 amide bonds. The lowest BCUT2D eigenvalue weighted by Crippen LogP contribution is -2.29. The summed E-state index contributed by atoms with van der Waals surface area (Å²) in [6.07, 6.45) is 25.9. The van der Waals surface area contributed by atoms with Crippen LogP contribution in [0.4, 0.5) is 0 Å². The standard InChI is InChI=1S/C22H26O/c23-15-4-2-1-3-6-16-9-10-19-12-11-17-7-5-8-18-13-14-20(16)22(19)21(17)18/h5,7-12,14,16,18,21,23H,1-4,6,13,15H2. The molecule has 1 nitrogen and oxygen atoms in total. The molecule has 0 aliphatic heterocycles. The highest BCUT2D eigenvalue weighted by Crippen LogP contribution is 2.50. The van der Waals surface area contributed by atoms with Crippen LogP contribution in [0.3, 0.4) is 0 Å². The molecule has 1 heteroatoms. The Kier molecular flexibility index (Phi) is 4.22. The van der Waals surface area contributed by atoms with Crippen LogP contribution in [-0.4, -0.2) is 11.7 Å². The van der Waals surface area contributed by atoms with Crippen molar-refractivity contribution >= 4 is 0 Å². The first-order chi connectivity index (χ1) is 11.4. The molecule has 1 N–H and O–H groups in total. The summed E-state index contributed by atoms with van der Waals surface area (Å²) in [6.45, 7) is 0.336. The van der Waals surface area contributed by atoms with Gasteiger partial charge in [0.1, 0.15) is 0 Å². The molecule has 0 aromatic rings. The van der Waals surface area contributed by atoms with E-state index in [0.717, 1.165) is 12.8 Å². The van der Waals surface area contributed by atoms with Gasteiger partial charge >= 0.3 is 0 Å². The summed E-state index contributed by atoms with van der Waals surface area (Å²) in [5.41, 5.74) is 6.16. The molecule has 0 bridgehead atoms. The van der Waals surface area contributed by atoms with Crippen molar-refractivity contribution in [1.29, 1.82) is 0 Å². The zero-order valence-corrected chi connectivity index (χ0v) is 13.7. The molecule has 0 spiro atoms. The Morgan fingerprint density at radius 1 is 1.00 bits per heavy atom. The largest absolute Gasteiger partial charge is 0.396 e. The minimum absolute atomic E-state index is 0.336. The highest BCUT2D eigenvalue weighted by molar-refractivity contribution is 5.62. The summed E-state index contributed by atoms with van der Waals surface area (Å²) < 4.78 is 0. The van der Waals surface area contributed by atoms with Crippen molar-refractivity contribution in [2.24, 2.45) is 17.8 Å². The lowest BCUT2D eigenvalue weighted by Gasteiger charge is -2.41. The molecule has 0 saturated heterocycles. The van der Waals surface area contributed by atoms with E-state index in [1.54, 1.807) is 11.1 Å². The van der Waals surface area contributed by atoms with Gasteiger partial charge in [-0.2, -0.15) is 0 Å². The monoisotopic (exact) mass is 306 g/mol. The van der Waals surface area contributed by atoms with E-state index in [-0.39, 0.29) is 0 Å². The van der Waals surface area contributed by atoms with E-state index >= 15 is 0 Å². The van der Waals surface area contributed by atoms with E-state index in [9.17, 15) is 0 Å². The zero-order chi connectivity index (χ0) is 15.6. The fourth-order valence-corrected chi connectivity index (χ4v) is 4.60. The Hall–Kier alpha value is -1.60. The van der Waals surface area contributed by atoms with Crippen molar-refractivity contribution in [1.82, 2.24) is 0 Å². The maximum Gasteiger partial charge on any atom is 0.0431 e. The Bertz CT molecular complexity index is 653. The molecule has 3 unspecified atom stereocenters. The summed E-state index contributed by atoms with van der Waals surface area (Å²) in [5, 5.41) is 8.90. The van der Waals surface area contributed by atoms with Gasteiger partial charge in [-0.25, -0.2) is 0 Å². The Labute approximate surface area is 139 Å². The predicted octanol–water partition coefficient (Wildman–Crippen LogP) is 5.04. The van der Waals surface area contributed by atoms with Gasteiger partial charge in [-0.3, -0.25) is 0 Å². The first kappa shape index (κ1) is 15.0. The summed E-state index contributed by atoms with van der Waals surface area (Å²) in [6, 6.07) is 0. The molecule has 4 aliphatic carbocycles. The van der Waals surface area contributed by atoms with Gasteiger partial charge in [0.15, 0.2) is 0 Å². The van der Waals surface area contributed by atoms with Gasteiger partial charge < -0.3 is 5.11 Å². The predicted molar refractivity (Wildman–Crippen MR) is 95.9 cm³/mol. The van der Waals surface area contributed by atoms with Crippen LogP contribution in [0.1, 0.15) is 38.5 Å². The Morgan fingerprint density at radius 3 is 2.83 bits per heavy atom. The average Bonchev–Trinajstić information content (AvgIpc) is 2.60. The molecule has 4 rings (SSSR count). The van der Waals surface area contributed by atoms with E-state index < -0.39 is 0 Å². The number of hydrogen-bond acceptors (Lipinski definition) is 1. The number of hydrogen-bond donors (Lipinski definition) is 1. The molecular weight excluding hydrogens is 280 g/mol. The third-order valence-electron chi connectivity index (χ3n) is 5.76. The molecule has 3 atom stereocenters. The van der Waals surface area contributed by atoms with Crippen LogP contribution >= 0.6 is 0 Å². The van der Waals surface area contributed by atoms with Gasteiger partial charge in [0, 0.05) is 18.4 Å². The Balaban J connectivity index is 1.53. The van der Waals surface area contributed by atoms with Gasteiger partial charge in [-0.1, -0.05) is 67.9 Å². The molecular formula is C22H26O. The van der Waals surface area contributed by atoms with E-state index in [2.05, 4.69) is 48.6 Å². The van der Waals surface area contributed by atoms with Crippen LogP contribution in [0, 0.1) is 17.8 Å². The maximum absolute atomic E-state index is 8.90.